The van der Waals surface area contributed by atoms with Crippen molar-refractivity contribution in [1.29, 1.82) is 0 Å². The van der Waals surface area contributed by atoms with Crippen LogP contribution in [0.15, 0.2) is 54.6 Å². The quantitative estimate of drug-likeness (QED) is 0.916. The molecule has 2 N–H and O–H groups in total. The van der Waals surface area contributed by atoms with E-state index in [0.717, 1.165) is 5.69 Å². The fraction of sp³-hybridized carbons (Fsp3) is 0.222. The van der Waals surface area contributed by atoms with Gasteiger partial charge in [-0.2, -0.15) is 0 Å². The Labute approximate surface area is 135 Å². The highest BCUT2D eigenvalue weighted by atomic mass is 16.2. The van der Waals surface area contributed by atoms with Crippen LogP contribution in [0, 0.1) is 5.92 Å². The first-order chi connectivity index (χ1) is 11.1. The lowest BCUT2D eigenvalue weighted by molar-refractivity contribution is 0.0439. The minimum absolute atomic E-state index is 0.128. The van der Waals surface area contributed by atoms with Crippen molar-refractivity contribution in [1.82, 2.24) is 10.4 Å². The number of nitrogens with one attached hydrogen (secondary N) is 2. The van der Waals surface area contributed by atoms with Crippen LogP contribution in [0.3, 0.4) is 0 Å². The van der Waals surface area contributed by atoms with E-state index in [9.17, 15) is 9.59 Å². The standard InChI is InChI=1S/C18H19N3O2/c1-12(2)16-19-15-11-7-6-10-14(15)18(23)21(16)20-17(22)13-8-4-3-5-9-13/h3-12,16,19H,1-2H3,(H,20,22). The number of nitrogens with zero attached hydrogens (tertiary/aromatic N) is 1. The summed E-state index contributed by atoms with van der Waals surface area (Å²) in [5.41, 5.74) is 4.60. The van der Waals surface area contributed by atoms with Crippen LogP contribution in [-0.4, -0.2) is 23.0 Å². The van der Waals surface area contributed by atoms with Gasteiger partial charge in [-0.3, -0.25) is 15.0 Å². The molecule has 2 amide bonds. The Bertz CT molecular complexity index is 728. The Balaban J connectivity index is 1.90. The summed E-state index contributed by atoms with van der Waals surface area (Å²) in [5.74, 6) is -0.378. The molecule has 0 bridgehead atoms. The molecule has 1 heterocycles. The van der Waals surface area contributed by atoms with E-state index in [4.69, 9.17) is 0 Å². The van der Waals surface area contributed by atoms with Gasteiger partial charge in [-0.05, 0) is 30.2 Å². The van der Waals surface area contributed by atoms with Gasteiger partial charge in [0, 0.05) is 11.3 Å². The normalized spacial score (nSPS) is 16.7. The number of benzene rings is 2. The first-order valence-electron chi connectivity index (χ1n) is 7.63. The van der Waals surface area contributed by atoms with Gasteiger partial charge in [0.1, 0.15) is 6.17 Å². The van der Waals surface area contributed by atoms with Gasteiger partial charge in [-0.25, -0.2) is 5.01 Å². The molecule has 23 heavy (non-hydrogen) atoms. The zero-order valence-electron chi connectivity index (χ0n) is 13.1. The number of hydrazine groups is 1. The first-order valence-corrected chi connectivity index (χ1v) is 7.63. The number of carbonyl (C=O) groups excluding carboxylic acids is 2. The van der Waals surface area contributed by atoms with Gasteiger partial charge in [0.15, 0.2) is 0 Å². The molecule has 0 fully saturated rings. The van der Waals surface area contributed by atoms with E-state index in [1.54, 1.807) is 30.3 Å². The highest BCUT2D eigenvalue weighted by Gasteiger charge is 2.34. The van der Waals surface area contributed by atoms with E-state index in [-0.39, 0.29) is 23.9 Å². The highest BCUT2D eigenvalue weighted by Crippen LogP contribution is 2.26. The van der Waals surface area contributed by atoms with Crippen LogP contribution < -0.4 is 10.7 Å². The number of para-hydroxylation sites is 1. The van der Waals surface area contributed by atoms with Gasteiger partial charge >= 0.3 is 0 Å². The molecule has 0 aliphatic carbocycles. The smallest absolute Gasteiger partial charge is 0.276 e. The van der Waals surface area contributed by atoms with Gasteiger partial charge < -0.3 is 5.32 Å². The maximum Gasteiger partial charge on any atom is 0.276 e. The number of hydrogen-bond donors (Lipinski definition) is 2. The number of amides is 2. The summed E-state index contributed by atoms with van der Waals surface area (Å²) in [7, 11) is 0. The van der Waals surface area contributed by atoms with Gasteiger partial charge in [0.25, 0.3) is 11.8 Å². The molecule has 118 valence electrons. The average molecular weight is 309 g/mol. The summed E-state index contributed by atoms with van der Waals surface area (Å²) in [4.78, 5) is 25.2. The minimum atomic E-state index is -0.301. The molecule has 1 atom stereocenters. The molecule has 0 saturated carbocycles. The summed E-state index contributed by atoms with van der Waals surface area (Å²) < 4.78 is 0. The molecule has 3 rings (SSSR count). The predicted octanol–water partition coefficient (Wildman–Crippen LogP) is 2.88. The molecule has 5 nitrogen and oxygen atoms in total. The molecule has 0 aromatic heterocycles. The van der Waals surface area contributed by atoms with Crippen LogP contribution in [0.4, 0.5) is 5.69 Å². The zero-order valence-corrected chi connectivity index (χ0v) is 13.1. The predicted molar refractivity (Wildman–Crippen MR) is 88.8 cm³/mol. The van der Waals surface area contributed by atoms with Crippen LogP contribution in [0.2, 0.25) is 0 Å². The molecule has 1 aliphatic rings. The van der Waals surface area contributed by atoms with Crippen molar-refractivity contribution >= 4 is 17.5 Å². The number of anilines is 1. The second-order valence-corrected chi connectivity index (χ2v) is 5.86. The highest BCUT2D eigenvalue weighted by molar-refractivity contribution is 6.03. The van der Waals surface area contributed by atoms with E-state index < -0.39 is 0 Å². The van der Waals surface area contributed by atoms with Crippen molar-refractivity contribution in [3.8, 4) is 0 Å². The van der Waals surface area contributed by atoms with E-state index in [0.29, 0.717) is 11.1 Å². The largest absolute Gasteiger partial charge is 0.363 e. The molecule has 2 aromatic carbocycles. The van der Waals surface area contributed by atoms with E-state index in [2.05, 4.69) is 10.7 Å². The second-order valence-electron chi connectivity index (χ2n) is 5.86. The first kappa shape index (κ1) is 15.1. The lowest BCUT2D eigenvalue weighted by Gasteiger charge is -2.39. The van der Waals surface area contributed by atoms with Crippen LogP contribution in [0.25, 0.3) is 0 Å². The summed E-state index contributed by atoms with van der Waals surface area (Å²) >= 11 is 0. The van der Waals surface area contributed by atoms with E-state index in [1.807, 2.05) is 38.1 Å². The Morgan fingerprint density at radius 1 is 1.09 bits per heavy atom. The molecular weight excluding hydrogens is 290 g/mol. The van der Waals surface area contributed by atoms with Crippen molar-refractivity contribution in [2.24, 2.45) is 5.92 Å². The lowest BCUT2D eigenvalue weighted by atomic mass is 10.0. The van der Waals surface area contributed by atoms with E-state index in [1.165, 1.54) is 5.01 Å². The Morgan fingerprint density at radius 3 is 2.43 bits per heavy atom. The number of fused-ring (bicyclic) bond motifs is 1. The molecular formula is C18H19N3O2. The van der Waals surface area contributed by atoms with Crippen molar-refractivity contribution in [2.45, 2.75) is 20.0 Å². The fourth-order valence-electron chi connectivity index (χ4n) is 2.62. The Morgan fingerprint density at radius 2 is 1.74 bits per heavy atom. The summed E-state index contributed by atoms with van der Waals surface area (Å²) in [6.07, 6.45) is -0.301. The second kappa shape index (κ2) is 6.12. The topological polar surface area (TPSA) is 61.4 Å². The summed E-state index contributed by atoms with van der Waals surface area (Å²) in [6, 6.07) is 16.2. The van der Waals surface area contributed by atoms with Crippen LogP contribution in [0.5, 0.6) is 0 Å². The third kappa shape index (κ3) is 2.90. The molecule has 0 spiro atoms. The van der Waals surface area contributed by atoms with Crippen LogP contribution in [0.1, 0.15) is 34.6 Å². The Kier molecular flexibility index (Phi) is 4.02. The molecule has 0 radical (unpaired) electrons. The van der Waals surface area contributed by atoms with Gasteiger partial charge in [0.05, 0.1) is 5.56 Å². The number of hydrogen-bond acceptors (Lipinski definition) is 3. The molecule has 5 heteroatoms. The van der Waals surface area contributed by atoms with Crippen LogP contribution in [-0.2, 0) is 0 Å². The molecule has 0 saturated heterocycles. The Hall–Kier alpha value is -2.82. The fourth-order valence-corrected chi connectivity index (χ4v) is 2.62. The molecule has 2 aromatic rings. The van der Waals surface area contributed by atoms with Crippen molar-refractivity contribution in [3.63, 3.8) is 0 Å². The number of rotatable bonds is 3. The average Bonchev–Trinajstić information content (AvgIpc) is 2.57. The van der Waals surface area contributed by atoms with Gasteiger partial charge in [-0.15, -0.1) is 0 Å². The number of carbonyl (C=O) groups is 2. The van der Waals surface area contributed by atoms with Gasteiger partial charge in [0.2, 0.25) is 0 Å². The third-order valence-electron chi connectivity index (χ3n) is 3.85. The van der Waals surface area contributed by atoms with Crippen molar-refractivity contribution in [3.05, 3.63) is 65.7 Å². The van der Waals surface area contributed by atoms with Crippen molar-refractivity contribution < 1.29 is 9.59 Å². The van der Waals surface area contributed by atoms with Crippen molar-refractivity contribution in [2.75, 3.05) is 5.32 Å². The SMILES string of the molecule is CC(C)C1Nc2ccccc2C(=O)N1NC(=O)c1ccccc1. The summed E-state index contributed by atoms with van der Waals surface area (Å²) in [5, 5.41) is 4.72. The molecule has 1 aliphatic heterocycles. The van der Waals surface area contributed by atoms with E-state index >= 15 is 0 Å². The zero-order chi connectivity index (χ0) is 16.4. The summed E-state index contributed by atoms with van der Waals surface area (Å²) in [6.45, 7) is 4.00. The maximum atomic E-state index is 12.8. The van der Waals surface area contributed by atoms with Crippen LogP contribution >= 0.6 is 0 Å². The molecule has 1 unspecified atom stereocenters. The third-order valence-corrected chi connectivity index (χ3v) is 3.85. The monoisotopic (exact) mass is 309 g/mol. The maximum absolute atomic E-state index is 12.8. The van der Waals surface area contributed by atoms with Gasteiger partial charge in [-0.1, -0.05) is 44.2 Å². The lowest BCUT2D eigenvalue weighted by Crippen LogP contribution is -2.59. The minimum Gasteiger partial charge on any atom is -0.363 e.